The number of nitrogens with one attached hydrogen (secondary N) is 3. The summed E-state index contributed by atoms with van der Waals surface area (Å²) in [6, 6.07) is 21.5. The molecule has 5 rings (SSSR count). The van der Waals surface area contributed by atoms with Crippen LogP contribution in [0.25, 0.3) is 12.2 Å². The zero-order valence-electron chi connectivity index (χ0n) is 31.8. The van der Waals surface area contributed by atoms with Crippen molar-refractivity contribution in [3.63, 3.8) is 0 Å². The second-order valence-electron chi connectivity index (χ2n) is 13.9. The Kier molecular flexibility index (Phi) is 14.9. The molecule has 6 N–H and O–H groups in total. The van der Waals surface area contributed by atoms with Gasteiger partial charge in [-0.05, 0) is 88.9 Å². The highest BCUT2D eigenvalue weighted by Crippen LogP contribution is 2.39. The summed E-state index contributed by atoms with van der Waals surface area (Å²) in [6.45, 7) is 5.88. The lowest BCUT2D eigenvalue weighted by Crippen LogP contribution is -2.48. The number of thiocarbonyl (C=S) groups is 1. The molecule has 4 aromatic carbocycles. The summed E-state index contributed by atoms with van der Waals surface area (Å²) in [4.78, 5) is 50.3. The molecule has 1 aliphatic rings. The average molecular weight is 794 g/mol. The zero-order chi connectivity index (χ0) is 40.9. The fourth-order valence-corrected chi connectivity index (χ4v) is 6.87. The van der Waals surface area contributed by atoms with Gasteiger partial charge in [-0.2, -0.15) is 0 Å². The number of carbonyl (C=O) groups is 4. The number of amides is 3. The third kappa shape index (κ3) is 12.2. The van der Waals surface area contributed by atoms with E-state index in [-0.39, 0.29) is 48.6 Å². The van der Waals surface area contributed by atoms with Crippen molar-refractivity contribution in [1.82, 2.24) is 16.0 Å². The van der Waals surface area contributed by atoms with E-state index in [1.807, 2.05) is 18.2 Å². The SMILES string of the molecule is C=c1ccc2c(c1)Oc1cc(O)ccc1C=2c1ccc(CC(=S)CCCCCC(NC(=O)COCCNC(C)=O)C(=O)NCCc2ccc(O)cc2)cc1C(=O)O. The second kappa shape index (κ2) is 20.2. The molecule has 0 saturated heterocycles. The Morgan fingerprint density at radius 2 is 1.56 bits per heavy atom. The first-order valence-corrected chi connectivity index (χ1v) is 19.2. The van der Waals surface area contributed by atoms with Gasteiger partial charge in [-0.25, -0.2) is 4.79 Å². The largest absolute Gasteiger partial charge is 0.508 e. The molecule has 0 aliphatic carbocycles. The zero-order valence-corrected chi connectivity index (χ0v) is 32.6. The third-order valence-electron chi connectivity index (χ3n) is 9.36. The van der Waals surface area contributed by atoms with Crippen LogP contribution in [0.15, 0.2) is 78.9 Å². The maximum Gasteiger partial charge on any atom is 0.336 e. The molecule has 3 amide bonds. The van der Waals surface area contributed by atoms with E-state index < -0.39 is 17.9 Å². The van der Waals surface area contributed by atoms with E-state index in [4.69, 9.17) is 21.7 Å². The number of benzene rings is 4. The Hall–Kier alpha value is -6.05. The predicted molar refractivity (Wildman–Crippen MR) is 220 cm³/mol. The summed E-state index contributed by atoms with van der Waals surface area (Å²) >= 11 is 5.73. The molecular formula is C44H47N3O9S. The topological polar surface area (TPSA) is 184 Å². The molecule has 298 valence electrons. The first kappa shape index (κ1) is 42.1. The van der Waals surface area contributed by atoms with Gasteiger partial charge in [0.2, 0.25) is 17.7 Å². The van der Waals surface area contributed by atoms with Gasteiger partial charge in [-0.1, -0.05) is 68.0 Å². The van der Waals surface area contributed by atoms with Crippen LogP contribution < -0.4 is 31.1 Å². The summed E-state index contributed by atoms with van der Waals surface area (Å²) in [6.07, 6.45) is 4.08. The standard InChI is InChI=1S/C44H47N3O9S/c1-27-8-15-35-39(22-27)56-40-25-32(50)14-17-36(40)42(35)34-16-11-30(24-37(34)44(53)54)23-33(57)6-4-3-5-7-38(47-41(51)26-55-21-20-45-28(2)48)43(52)46-19-18-29-9-12-31(49)13-10-29/h8-17,22,24-25,38,49-50H,1,3-7,18-21,23,26H2,2H3,(H,45,48)(H,46,52)(H,47,51)(H,53,54). The van der Waals surface area contributed by atoms with Crippen molar-refractivity contribution in [2.75, 3.05) is 26.3 Å². The van der Waals surface area contributed by atoms with E-state index in [1.165, 1.54) is 19.1 Å². The summed E-state index contributed by atoms with van der Waals surface area (Å²) in [5.41, 5.74) is 3.66. The van der Waals surface area contributed by atoms with Crippen molar-refractivity contribution < 1.29 is 44.0 Å². The number of phenolic OH excluding ortho intramolecular Hbond substituents is 2. The molecule has 0 spiro atoms. The third-order valence-corrected chi connectivity index (χ3v) is 9.71. The van der Waals surface area contributed by atoms with Crippen LogP contribution in [-0.2, 0) is 32.0 Å². The van der Waals surface area contributed by atoms with Gasteiger partial charge >= 0.3 is 5.97 Å². The molecule has 0 fully saturated rings. The highest BCUT2D eigenvalue weighted by Gasteiger charge is 2.25. The summed E-state index contributed by atoms with van der Waals surface area (Å²) in [5.74, 6) is -0.935. The van der Waals surface area contributed by atoms with Crippen molar-refractivity contribution in [1.29, 1.82) is 0 Å². The first-order chi connectivity index (χ1) is 27.4. The normalized spacial score (nSPS) is 12.1. The highest BCUT2D eigenvalue weighted by molar-refractivity contribution is 7.80. The number of carbonyl (C=O) groups excluding carboxylic acids is 3. The van der Waals surface area contributed by atoms with Gasteiger partial charge < -0.3 is 40.7 Å². The van der Waals surface area contributed by atoms with Gasteiger partial charge in [0, 0.05) is 48.9 Å². The molecule has 1 heterocycles. The van der Waals surface area contributed by atoms with Crippen LogP contribution in [-0.4, -0.2) is 76.2 Å². The summed E-state index contributed by atoms with van der Waals surface area (Å²) in [5, 5.41) is 39.7. The average Bonchev–Trinajstić information content (AvgIpc) is 3.16. The molecule has 4 aromatic rings. The number of fused-ring (bicyclic) bond motifs is 2. The van der Waals surface area contributed by atoms with E-state index in [0.29, 0.717) is 72.1 Å². The van der Waals surface area contributed by atoms with Crippen LogP contribution in [0.5, 0.6) is 23.0 Å². The number of rotatable bonds is 20. The number of hydrogen-bond acceptors (Lipinski definition) is 9. The summed E-state index contributed by atoms with van der Waals surface area (Å²) in [7, 11) is 0. The Bertz CT molecular complexity index is 2240. The number of unbranched alkanes of at least 4 members (excludes halogenated alkanes) is 2. The lowest BCUT2D eigenvalue weighted by Gasteiger charge is -2.22. The monoisotopic (exact) mass is 793 g/mol. The first-order valence-electron chi connectivity index (χ1n) is 18.8. The van der Waals surface area contributed by atoms with Gasteiger partial charge in [-0.3, -0.25) is 14.4 Å². The van der Waals surface area contributed by atoms with Crippen LogP contribution in [0.4, 0.5) is 0 Å². The van der Waals surface area contributed by atoms with E-state index in [0.717, 1.165) is 34.1 Å². The van der Waals surface area contributed by atoms with Crippen molar-refractivity contribution in [3.05, 3.63) is 117 Å². The molecule has 57 heavy (non-hydrogen) atoms. The lowest BCUT2D eigenvalue weighted by molar-refractivity contribution is -0.131. The van der Waals surface area contributed by atoms with Crippen LogP contribution in [0.3, 0.4) is 0 Å². The number of ether oxygens (including phenoxy) is 2. The number of aromatic hydroxyl groups is 2. The number of carboxylic acids is 1. The smallest absolute Gasteiger partial charge is 0.336 e. The molecule has 12 nitrogen and oxygen atoms in total. The van der Waals surface area contributed by atoms with Gasteiger partial charge in [0.25, 0.3) is 0 Å². The Morgan fingerprint density at radius 3 is 2.32 bits per heavy atom. The van der Waals surface area contributed by atoms with E-state index >= 15 is 0 Å². The number of carboxylic acid groups (broad SMARTS) is 1. The van der Waals surface area contributed by atoms with Crippen LogP contribution in [0.2, 0.25) is 0 Å². The van der Waals surface area contributed by atoms with Gasteiger partial charge in [0.15, 0.2) is 0 Å². The fourth-order valence-electron chi connectivity index (χ4n) is 6.56. The molecule has 0 radical (unpaired) electrons. The maximum atomic E-state index is 13.2. The van der Waals surface area contributed by atoms with Gasteiger partial charge in [0.1, 0.15) is 35.6 Å². The summed E-state index contributed by atoms with van der Waals surface area (Å²) < 4.78 is 11.4. The molecule has 0 saturated carbocycles. The Morgan fingerprint density at radius 1 is 0.825 bits per heavy atom. The molecule has 0 bridgehead atoms. The number of aromatic carboxylic acids is 1. The maximum absolute atomic E-state index is 13.2. The van der Waals surface area contributed by atoms with Crippen molar-refractivity contribution in [2.45, 2.75) is 57.9 Å². The number of phenols is 2. The predicted octanol–water partition coefficient (Wildman–Crippen LogP) is 4.42. The fraction of sp³-hybridized carbons (Fsp3) is 0.295. The van der Waals surface area contributed by atoms with Crippen LogP contribution in [0, 0.1) is 0 Å². The minimum absolute atomic E-state index is 0.0258. The van der Waals surface area contributed by atoms with Gasteiger partial charge in [0.05, 0.1) is 12.2 Å². The lowest BCUT2D eigenvalue weighted by atomic mass is 9.88. The molecule has 1 unspecified atom stereocenters. The minimum Gasteiger partial charge on any atom is -0.508 e. The van der Waals surface area contributed by atoms with Gasteiger partial charge in [-0.15, -0.1) is 0 Å². The van der Waals surface area contributed by atoms with E-state index in [1.54, 1.807) is 48.5 Å². The minimum atomic E-state index is -1.09. The molecule has 1 atom stereocenters. The van der Waals surface area contributed by atoms with Crippen molar-refractivity contribution in [2.24, 2.45) is 0 Å². The van der Waals surface area contributed by atoms with Crippen LogP contribution >= 0.6 is 12.2 Å². The molecule has 13 heteroatoms. The number of hydrogen-bond donors (Lipinski definition) is 6. The van der Waals surface area contributed by atoms with E-state index in [9.17, 15) is 34.5 Å². The second-order valence-corrected chi connectivity index (χ2v) is 14.4. The van der Waals surface area contributed by atoms with E-state index in [2.05, 4.69) is 22.5 Å². The van der Waals surface area contributed by atoms with Crippen molar-refractivity contribution in [3.8, 4) is 23.0 Å². The molecule has 1 aliphatic heterocycles. The Balaban J connectivity index is 1.17. The molecule has 0 aromatic heterocycles. The Labute approximate surface area is 336 Å². The quantitative estimate of drug-likeness (QED) is 0.0488. The van der Waals surface area contributed by atoms with Crippen LogP contribution in [0.1, 0.15) is 71.6 Å². The van der Waals surface area contributed by atoms with Crippen molar-refractivity contribution >= 4 is 52.9 Å². The highest BCUT2D eigenvalue weighted by atomic mass is 32.1. The molecular weight excluding hydrogens is 747 g/mol.